The van der Waals surface area contributed by atoms with Gasteiger partial charge in [0.15, 0.2) is 0 Å². The third-order valence-corrected chi connectivity index (χ3v) is 21.4. The van der Waals surface area contributed by atoms with E-state index >= 15 is 0 Å². The summed E-state index contributed by atoms with van der Waals surface area (Å²) in [7, 11) is 0. The third-order valence-electron chi connectivity index (χ3n) is 5.55. The topological polar surface area (TPSA) is 0 Å². The van der Waals surface area contributed by atoms with E-state index < -0.39 is 23.2 Å². The summed E-state index contributed by atoms with van der Waals surface area (Å²) in [5, 5.41) is 0. The minimum Gasteiger partial charge on any atom is -1.00 e. The Labute approximate surface area is 149 Å². The fourth-order valence-electron chi connectivity index (χ4n) is 3.28. The van der Waals surface area contributed by atoms with Gasteiger partial charge >= 0.3 is 147 Å². The van der Waals surface area contributed by atoms with Crippen molar-refractivity contribution in [1.29, 1.82) is 0 Å². The number of hydrogen-bond acceptors (Lipinski definition) is 0. The van der Waals surface area contributed by atoms with E-state index in [1.165, 1.54) is 0 Å². The molecule has 0 spiro atoms. The molecule has 0 bridgehead atoms. The van der Waals surface area contributed by atoms with Crippen molar-refractivity contribution in [3.05, 3.63) is 37.7 Å². The zero-order chi connectivity index (χ0) is 14.5. The van der Waals surface area contributed by atoms with Gasteiger partial charge in [0.1, 0.15) is 0 Å². The average Bonchev–Trinajstić information content (AvgIpc) is 2.68. The minimum absolute atomic E-state index is 0. The van der Waals surface area contributed by atoms with Gasteiger partial charge < -0.3 is 2.85 Å². The van der Waals surface area contributed by atoms with Crippen LogP contribution in [-0.4, -0.2) is 33.0 Å². The minimum atomic E-state index is -0.507. The fourth-order valence-corrected chi connectivity index (χ4v) is 14.5. The molecule has 0 N–H and O–H groups in total. The molecule has 19 heavy (non-hydrogen) atoms. The Bertz CT molecular complexity index is 521. The molecule has 0 saturated carbocycles. The van der Waals surface area contributed by atoms with Crippen molar-refractivity contribution >= 4 is 33.0 Å². The molecule has 2 aliphatic carbocycles. The van der Waals surface area contributed by atoms with Crippen LogP contribution < -0.4 is 0 Å². The monoisotopic (exact) mass is 458 g/mol. The zero-order valence-corrected chi connectivity index (χ0v) is 24.5. The van der Waals surface area contributed by atoms with Crippen molar-refractivity contribution in [2.24, 2.45) is 11.8 Å². The first-order chi connectivity index (χ1) is 8.77. The van der Waals surface area contributed by atoms with E-state index in [-0.39, 0.29) is 2.85 Å². The molecule has 0 aromatic rings. The van der Waals surface area contributed by atoms with E-state index in [0.717, 1.165) is 44.9 Å². The molecule has 2 rings (SSSR count). The molecule has 0 amide bonds. The molecule has 0 radical (unpaired) electrons. The van der Waals surface area contributed by atoms with Gasteiger partial charge in [0.25, 0.3) is 0 Å². The Balaban J connectivity index is 0.00000200. The summed E-state index contributed by atoms with van der Waals surface area (Å²) in [4.78, 5) is 0. The van der Waals surface area contributed by atoms with Gasteiger partial charge in [-0.2, -0.15) is 0 Å². The quantitative estimate of drug-likeness (QED) is 0.560. The van der Waals surface area contributed by atoms with Gasteiger partial charge in [-0.1, -0.05) is 0 Å². The molecule has 0 heterocycles. The summed E-state index contributed by atoms with van der Waals surface area (Å²) < 4.78 is 7.52. The first-order valence-corrected chi connectivity index (χ1v) is 14.0. The van der Waals surface area contributed by atoms with Crippen molar-refractivity contribution < 1.29 is 26.1 Å². The Hall–Kier alpha value is 0.929. The van der Waals surface area contributed by atoms with Crippen LogP contribution in [0.25, 0.3) is 0 Å². The summed E-state index contributed by atoms with van der Waals surface area (Å²) in [6.07, 6.45) is 0. The maximum Gasteiger partial charge on any atom is -1.00 e. The van der Waals surface area contributed by atoms with E-state index in [9.17, 15) is 0 Å². The molecule has 0 aromatic carbocycles. The molecule has 106 valence electrons. The van der Waals surface area contributed by atoms with Crippen LogP contribution in [0.4, 0.5) is 0 Å². The van der Waals surface area contributed by atoms with Crippen molar-refractivity contribution in [3.63, 3.8) is 0 Å². The summed E-state index contributed by atoms with van der Waals surface area (Å²) in [5.41, 5.74) is 6.67. The van der Waals surface area contributed by atoms with Gasteiger partial charge in [0, 0.05) is 0 Å². The molecule has 0 fully saturated rings. The zero-order valence-electron chi connectivity index (χ0n) is 15.7. The molecular formula is C16H28Ge2Zr-2. The van der Waals surface area contributed by atoms with Crippen LogP contribution >= 0.6 is 0 Å². The van der Waals surface area contributed by atoms with Gasteiger partial charge in [-0.3, -0.25) is 0 Å². The van der Waals surface area contributed by atoms with Gasteiger partial charge in [0.2, 0.25) is 0 Å². The van der Waals surface area contributed by atoms with E-state index in [1.54, 1.807) is 22.3 Å². The predicted molar refractivity (Wildman–Crippen MR) is 91.2 cm³/mol. The van der Waals surface area contributed by atoms with Gasteiger partial charge in [-0.25, -0.2) is 0 Å². The Morgan fingerprint density at radius 2 is 1.11 bits per heavy atom. The van der Waals surface area contributed by atoms with Crippen LogP contribution in [0.1, 0.15) is 44.4 Å². The Morgan fingerprint density at radius 3 is 1.32 bits per heavy atom. The molecule has 2 unspecified atom stereocenters. The summed E-state index contributed by atoms with van der Waals surface area (Å²) >= 11 is 1.20. The Morgan fingerprint density at radius 1 is 0.789 bits per heavy atom. The largest absolute Gasteiger partial charge is 1.00 e. The molecule has 0 aromatic heterocycles. The van der Waals surface area contributed by atoms with E-state index in [2.05, 4.69) is 41.5 Å². The van der Waals surface area contributed by atoms with Gasteiger partial charge in [-0.05, 0) is 0 Å². The van der Waals surface area contributed by atoms with Crippen LogP contribution in [0.2, 0.25) is 0 Å². The van der Waals surface area contributed by atoms with Crippen molar-refractivity contribution in [3.8, 4) is 0 Å². The van der Waals surface area contributed by atoms with Crippen LogP contribution in [-0.2, 0) is 23.2 Å². The third kappa shape index (κ3) is 2.69. The maximum atomic E-state index is 2.46. The predicted octanol–water partition coefficient (Wildman–Crippen LogP) is 2.42. The fraction of sp³-hybridized carbons (Fsp3) is 0.500. The van der Waals surface area contributed by atoms with Gasteiger partial charge in [-0.15, -0.1) is 0 Å². The first kappa shape index (κ1) is 16.3. The summed E-state index contributed by atoms with van der Waals surface area (Å²) in [6.45, 7) is 14.4. The molecule has 0 nitrogen and oxygen atoms in total. The normalized spacial score (nSPS) is 28.5. The molecule has 0 aliphatic heterocycles. The maximum absolute atomic E-state index is 2.46. The molecule has 3 heteroatoms. The van der Waals surface area contributed by atoms with Crippen LogP contribution in [0.15, 0.2) is 37.7 Å². The second-order valence-electron chi connectivity index (χ2n) is 6.26. The van der Waals surface area contributed by atoms with Crippen molar-refractivity contribution in [2.75, 3.05) is 0 Å². The smallest absolute Gasteiger partial charge is 1.00 e. The summed E-state index contributed by atoms with van der Waals surface area (Å²) in [6, 6.07) is 0. The molecule has 0 saturated heterocycles. The second-order valence-corrected chi connectivity index (χ2v) is 13.7. The average molecular weight is 457 g/mol. The molecular weight excluding hydrogens is 429 g/mol. The standard InChI is InChI=1S/2C8H13Ge.Zr.2H/c2*1-5-4-8(9)7(3)6(5)2;;;/h2*5H,1-3,9H3;;;/q;;;2*-1. The summed E-state index contributed by atoms with van der Waals surface area (Å²) in [5.74, 6) is 1.55. The van der Waals surface area contributed by atoms with Crippen LogP contribution in [0, 0.1) is 11.8 Å². The molecule has 2 aliphatic rings. The SMILES string of the molecule is CC1=C(C)C(C)[C]([Zr][C]2=[C]([GeH3])C(C)=C(C)C2C)=[C]1[GeH3].[H-].[H-]. The van der Waals surface area contributed by atoms with Gasteiger partial charge in [0.05, 0.1) is 0 Å². The van der Waals surface area contributed by atoms with Crippen molar-refractivity contribution in [2.45, 2.75) is 41.5 Å². The number of rotatable bonds is 2. The Kier molecular flexibility index (Phi) is 5.12. The van der Waals surface area contributed by atoms with Crippen molar-refractivity contribution in [1.82, 2.24) is 0 Å². The van der Waals surface area contributed by atoms with E-state index in [1.807, 2.05) is 15.4 Å². The van der Waals surface area contributed by atoms with Crippen LogP contribution in [0.3, 0.4) is 0 Å². The van der Waals surface area contributed by atoms with E-state index in [4.69, 9.17) is 0 Å². The van der Waals surface area contributed by atoms with E-state index in [0.29, 0.717) is 0 Å². The molecule has 2 atom stereocenters. The number of hydrogen-bond donors (Lipinski definition) is 0. The number of allylic oxidation sites excluding steroid dienone is 8. The van der Waals surface area contributed by atoms with Crippen LogP contribution in [0.5, 0.6) is 0 Å². The first-order valence-electron chi connectivity index (χ1n) is 7.31. The second kappa shape index (κ2) is 5.97.